The zero-order valence-electron chi connectivity index (χ0n) is 18.4. The Morgan fingerprint density at radius 3 is 2.56 bits per heavy atom. The molecule has 1 amide bonds. The smallest absolute Gasteiger partial charge is 0.331 e. The standard InChI is InChI=1S/C24H23ClN4O5/c1-2-28(19(30)15-34-20(31)12-11-16-9-6-10-18(25)13-16)21-22(26)29(24(33)27-23(21)32)14-17-7-4-3-5-8-17/h3-13H,2,14-15,26H2,1H3,(H,27,32,33)/b12-11+. The monoisotopic (exact) mass is 482 g/mol. The van der Waals surface area contributed by atoms with E-state index in [1.54, 1.807) is 55.5 Å². The van der Waals surface area contributed by atoms with Gasteiger partial charge in [0.2, 0.25) is 0 Å². The van der Waals surface area contributed by atoms with Crippen LogP contribution in [0.2, 0.25) is 5.02 Å². The number of carbonyl (C=O) groups is 2. The summed E-state index contributed by atoms with van der Waals surface area (Å²) >= 11 is 5.90. The van der Waals surface area contributed by atoms with Crippen LogP contribution in [0.5, 0.6) is 0 Å². The van der Waals surface area contributed by atoms with E-state index >= 15 is 0 Å². The molecule has 10 heteroatoms. The van der Waals surface area contributed by atoms with Crippen LogP contribution in [0.3, 0.4) is 0 Å². The van der Waals surface area contributed by atoms with Gasteiger partial charge in [0.15, 0.2) is 12.3 Å². The average molecular weight is 483 g/mol. The fraction of sp³-hybridized carbons (Fsp3) is 0.167. The molecule has 0 unspecified atom stereocenters. The van der Waals surface area contributed by atoms with Crippen molar-refractivity contribution in [3.8, 4) is 0 Å². The third-order valence-corrected chi connectivity index (χ3v) is 5.12. The van der Waals surface area contributed by atoms with Crippen molar-refractivity contribution in [1.82, 2.24) is 9.55 Å². The van der Waals surface area contributed by atoms with Crippen molar-refractivity contribution in [3.63, 3.8) is 0 Å². The van der Waals surface area contributed by atoms with E-state index in [-0.39, 0.29) is 24.6 Å². The lowest BCUT2D eigenvalue weighted by molar-refractivity contribution is -0.142. The maximum absolute atomic E-state index is 12.8. The third kappa shape index (κ3) is 6.02. The van der Waals surface area contributed by atoms with Gasteiger partial charge in [-0.1, -0.05) is 54.1 Å². The Bertz CT molecular complexity index is 1330. The number of esters is 1. The highest BCUT2D eigenvalue weighted by molar-refractivity contribution is 6.30. The summed E-state index contributed by atoms with van der Waals surface area (Å²) in [5, 5.41) is 0.515. The molecule has 176 valence electrons. The minimum Gasteiger partial charge on any atom is -0.452 e. The van der Waals surface area contributed by atoms with Crippen LogP contribution in [-0.4, -0.2) is 34.6 Å². The second-order valence-electron chi connectivity index (χ2n) is 7.20. The summed E-state index contributed by atoms with van der Waals surface area (Å²) in [5.41, 5.74) is 5.92. The van der Waals surface area contributed by atoms with Gasteiger partial charge in [-0.3, -0.25) is 19.1 Å². The van der Waals surface area contributed by atoms with E-state index in [4.69, 9.17) is 22.1 Å². The predicted octanol–water partition coefficient (Wildman–Crippen LogP) is 2.43. The number of anilines is 2. The van der Waals surface area contributed by atoms with E-state index in [1.165, 1.54) is 10.6 Å². The lowest BCUT2D eigenvalue weighted by Crippen LogP contribution is -2.42. The van der Waals surface area contributed by atoms with Crippen LogP contribution in [-0.2, 0) is 20.9 Å². The Morgan fingerprint density at radius 2 is 1.88 bits per heavy atom. The van der Waals surface area contributed by atoms with Crippen molar-refractivity contribution in [2.75, 3.05) is 23.8 Å². The quantitative estimate of drug-likeness (QED) is 0.375. The number of nitrogens with one attached hydrogen (secondary N) is 1. The highest BCUT2D eigenvalue weighted by atomic mass is 35.5. The number of carbonyl (C=O) groups excluding carboxylic acids is 2. The van der Waals surface area contributed by atoms with Crippen molar-refractivity contribution < 1.29 is 14.3 Å². The number of likely N-dealkylation sites (N-methyl/N-ethyl adjacent to an activating group) is 1. The maximum Gasteiger partial charge on any atom is 0.331 e. The molecule has 1 aromatic heterocycles. The van der Waals surface area contributed by atoms with Gasteiger partial charge in [0.25, 0.3) is 11.5 Å². The summed E-state index contributed by atoms with van der Waals surface area (Å²) in [7, 11) is 0. The van der Waals surface area contributed by atoms with Gasteiger partial charge >= 0.3 is 11.7 Å². The molecule has 0 fully saturated rings. The Kier molecular flexibility index (Phi) is 8.05. The van der Waals surface area contributed by atoms with Gasteiger partial charge in [0.05, 0.1) is 6.54 Å². The molecule has 0 saturated carbocycles. The fourth-order valence-electron chi connectivity index (χ4n) is 3.25. The van der Waals surface area contributed by atoms with Crippen LogP contribution in [0.4, 0.5) is 11.5 Å². The lowest BCUT2D eigenvalue weighted by atomic mass is 10.2. The van der Waals surface area contributed by atoms with E-state index in [0.29, 0.717) is 10.6 Å². The summed E-state index contributed by atoms with van der Waals surface area (Å²) in [6.45, 7) is 1.17. The highest BCUT2D eigenvalue weighted by Crippen LogP contribution is 2.18. The zero-order chi connectivity index (χ0) is 24.7. The summed E-state index contributed by atoms with van der Waals surface area (Å²) in [6, 6.07) is 15.9. The first-order chi connectivity index (χ1) is 16.3. The first-order valence-electron chi connectivity index (χ1n) is 10.4. The van der Waals surface area contributed by atoms with Gasteiger partial charge in [0.1, 0.15) is 5.82 Å². The van der Waals surface area contributed by atoms with Gasteiger partial charge in [-0.25, -0.2) is 9.59 Å². The van der Waals surface area contributed by atoms with Crippen molar-refractivity contribution in [1.29, 1.82) is 0 Å². The number of ether oxygens (including phenoxy) is 1. The Labute approximate surface area is 200 Å². The number of nitrogens with zero attached hydrogens (tertiary/aromatic N) is 2. The summed E-state index contributed by atoms with van der Waals surface area (Å²) in [6.07, 6.45) is 2.66. The molecule has 0 aliphatic rings. The molecular formula is C24H23ClN4O5. The molecule has 0 saturated heterocycles. The average Bonchev–Trinajstić information content (AvgIpc) is 2.82. The molecule has 34 heavy (non-hydrogen) atoms. The number of H-pyrrole nitrogens is 1. The van der Waals surface area contributed by atoms with Crippen molar-refractivity contribution >= 4 is 41.1 Å². The maximum atomic E-state index is 12.8. The fourth-order valence-corrected chi connectivity index (χ4v) is 3.45. The molecule has 3 rings (SSSR count). The molecule has 0 atom stereocenters. The molecule has 0 aliphatic heterocycles. The minimum atomic E-state index is -0.811. The molecular weight excluding hydrogens is 460 g/mol. The number of nitrogens with two attached hydrogens (primary N) is 1. The number of amides is 1. The van der Waals surface area contributed by atoms with Gasteiger partial charge < -0.3 is 15.4 Å². The number of hydrogen-bond acceptors (Lipinski definition) is 6. The van der Waals surface area contributed by atoms with Gasteiger partial charge in [-0.15, -0.1) is 0 Å². The SMILES string of the molecule is CCN(C(=O)COC(=O)/C=C/c1cccc(Cl)c1)c1c(N)n(Cc2ccccc2)c(=O)[nH]c1=O. The number of aromatic nitrogens is 2. The number of aromatic amines is 1. The van der Waals surface area contributed by atoms with Crippen LogP contribution in [0.25, 0.3) is 6.08 Å². The van der Waals surface area contributed by atoms with Gasteiger partial charge in [0, 0.05) is 17.6 Å². The van der Waals surface area contributed by atoms with Gasteiger partial charge in [-0.2, -0.15) is 0 Å². The lowest BCUT2D eigenvalue weighted by Gasteiger charge is -2.23. The van der Waals surface area contributed by atoms with Crippen LogP contribution in [0, 0.1) is 0 Å². The van der Waals surface area contributed by atoms with Crippen molar-refractivity contribution in [3.05, 3.63) is 97.7 Å². The predicted molar refractivity (Wildman–Crippen MR) is 131 cm³/mol. The molecule has 3 aromatic rings. The molecule has 9 nitrogen and oxygen atoms in total. The second-order valence-corrected chi connectivity index (χ2v) is 7.64. The number of benzene rings is 2. The van der Waals surface area contributed by atoms with Crippen molar-refractivity contribution in [2.45, 2.75) is 13.5 Å². The molecule has 3 N–H and O–H groups in total. The van der Waals surface area contributed by atoms with Gasteiger partial charge in [-0.05, 0) is 36.3 Å². The molecule has 0 radical (unpaired) electrons. The third-order valence-electron chi connectivity index (χ3n) is 4.88. The Morgan fingerprint density at radius 1 is 1.15 bits per heavy atom. The summed E-state index contributed by atoms with van der Waals surface area (Å²) in [4.78, 5) is 53.0. The van der Waals surface area contributed by atoms with E-state index in [2.05, 4.69) is 4.98 Å². The topological polar surface area (TPSA) is 127 Å². The molecule has 2 aromatic carbocycles. The van der Waals surface area contributed by atoms with Crippen LogP contribution < -0.4 is 21.9 Å². The number of hydrogen-bond donors (Lipinski definition) is 2. The highest BCUT2D eigenvalue weighted by Gasteiger charge is 2.23. The second kappa shape index (κ2) is 11.2. The van der Waals surface area contributed by atoms with E-state index in [9.17, 15) is 19.2 Å². The van der Waals surface area contributed by atoms with E-state index in [0.717, 1.165) is 16.5 Å². The summed E-state index contributed by atoms with van der Waals surface area (Å²) in [5.74, 6) is -1.59. The zero-order valence-corrected chi connectivity index (χ0v) is 19.1. The first-order valence-corrected chi connectivity index (χ1v) is 10.7. The molecule has 0 bridgehead atoms. The Balaban J connectivity index is 1.76. The molecule has 0 spiro atoms. The number of halogens is 1. The minimum absolute atomic E-state index is 0.0611. The first kappa shape index (κ1) is 24.5. The molecule has 0 aliphatic carbocycles. The number of rotatable bonds is 8. The normalized spacial score (nSPS) is 10.9. The van der Waals surface area contributed by atoms with E-state index < -0.39 is 29.7 Å². The molecule has 1 heterocycles. The summed E-state index contributed by atoms with van der Waals surface area (Å²) < 4.78 is 6.19. The Hall–Kier alpha value is -4.11. The largest absolute Gasteiger partial charge is 0.452 e. The number of nitrogen functional groups attached to an aromatic ring is 1. The van der Waals surface area contributed by atoms with Crippen molar-refractivity contribution in [2.24, 2.45) is 0 Å². The van der Waals surface area contributed by atoms with Crippen LogP contribution in [0.1, 0.15) is 18.1 Å². The van der Waals surface area contributed by atoms with Crippen LogP contribution >= 0.6 is 11.6 Å². The van der Waals surface area contributed by atoms with Crippen LogP contribution in [0.15, 0.2) is 70.3 Å². The van der Waals surface area contributed by atoms with E-state index in [1.807, 2.05) is 6.07 Å².